The van der Waals surface area contributed by atoms with Crippen LogP contribution in [0.25, 0.3) is 17.0 Å². The number of piperazine rings is 1. The maximum atomic E-state index is 13.4. The van der Waals surface area contributed by atoms with Crippen LogP contribution in [0.3, 0.4) is 0 Å². The summed E-state index contributed by atoms with van der Waals surface area (Å²) < 4.78 is 53.1. The highest BCUT2D eigenvalue weighted by Gasteiger charge is 2.30. The van der Waals surface area contributed by atoms with Gasteiger partial charge in [-0.25, -0.2) is 17.2 Å². The molecule has 0 aliphatic carbocycles. The van der Waals surface area contributed by atoms with Crippen LogP contribution in [0.1, 0.15) is 5.56 Å². The molecule has 0 unspecified atom stereocenters. The van der Waals surface area contributed by atoms with Crippen molar-refractivity contribution in [1.29, 1.82) is 0 Å². The average Bonchev–Trinajstić information content (AvgIpc) is 2.79. The minimum absolute atomic E-state index is 0.0662. The lowest BCUT2D eigenvalue weighted by molar-refractivity contribution is -0.127. The Morgan fingerprint density at radius 3 is 2.45 bits per heavy atom. The Labute approximate surface area is 178 Å². The zero-order chi connectivity index (χ0) is 22.0. The quantitative estimate of drug-likeness (QED) is 0.581. The van der Waals surface area contributed by atoms with E-state index in [0.717, 1.165) is 28.6 Å². The lowest BCUT2D eigenvalue weighted by Gasteiger charge is -2.33. The monoisotopic (exact) mass is 443 g/mol. The van der Waals surface area contributed by atoms with Crippen molar-refractivity contribution in [2.75, 3.05) is 26.2 Å². The summed E-state index contributed by atoms with van der Waals surface area (Å²) in [5.74, 6) is -2.57. The first-order valence-electron chi connectivity index (χ1n) is 9.62. The van der Waals surface area contributed by atoms with Crippen LogP contribution in [0.2, 0.25) is 0 Å². The highest BCUT2D eigenvalue weighted by Crippen LogP contribution is 2.21. The first-order valence-corrected chi connectivity index (χ1v) is 11.1. The van der Waals surface area contributed by atoms with Gasteiger partial charge in [-0.1, -0.05) is 24.3 Å². The number of aromatic nitrogens is 1. The number of benzene rings is 2. The molecule has 1 aliphatic rings. The summed E-state index contributed by atoms with van der Waals surface area (Å²) in [4.78, 5) is 18.2. The van der Waals surface area contributed by atoms with Crippen molar-refractivity contribution < 1.29 is 22.0 Å². The normalized spacial score (nSPS) is 15.6. The number of halogens is 2. The molecule has 0 saturated carbocycles. The summed E-state index contributed by atoms with van der Waals surface area (Å²) >= 11 is 0. The topological polar surface area (TPSA) is 70.6 Å². The number of carbonyl (C=O) groups is 1. The molecule has 1 saturated heterocycles. The highest BCUT2D eigenvalue weighted by molar-refractivity contribution is 7.89. The van der Waals surface area contributed by atoms with Crippen molar-refractivity contribution in [3.63, 3.8) is 0 Å². The zero-order valence-electron chi connectivity index (χ0n) is 16.4. The smallest absolute Gasteiger partial charge is 0.246 e. The molecule has 31 heavy (non-hydrogen) atoms. The van der Waals surface area contributed by atoms with Crippen LogP contribution >= 0.6 is 0 Å². The van der Waals surface area contributed by atoms with Gasteiger partial charge >= 0.3 is 0 Å². The van der Waals surface area contributed by atoms with E-state index in [4.69, 9.17) is 0 Å². The molecule has 0 spiro atoms. The Hall–Kier alpha value is -3.17. The van der Waals surface area contributed by atoms with E-state index in [0.29, 0.717) is 6.07 Å². The Morgan fingerprint density at radius 1 is 0.968 bits per heavy atom. The van der Waals surface area contributed by atoms with Gasteiger partial charge in [0.2, 0.25) is 15.9 Å². The second-order valence-electron chi connectivity index (χ2n) is 7.06. The molecule has 4 rings (SSSR count). The number of hydrogen-bond acceptors (Lipinski definition) is 4. The van der Waals surface area contributed by atoms with Gasteiger partial charge in [-0.2, -0.15) is 4.31 Å². The summed E-state index contributed by atoms with van der Waals surface area (Å²) in [5.41, 5.74) is 1.60. The number of carbonyl (C=O) groups excluding carboxylic acids is 1. The van der Waals surface area contributed by atoms with Crippen LogP contribution < -0.4 is 0 Å². The third-order valence-corrected chi connectivity index (χ3v) is 7.04. The Balaban J connectivity index is 1.43. The molecule has 1 aliphatic heterocycles. The standard InChI is InChI=1S/C22H19F2N3O3S/c23-19-8-7-18(15-20(19)24)31(29,30)27-13-11-26(12-14-27)21(28)9-6-17-4-1-3-16-5-2-10-25-22(16)17/h1-10,15H,11-14H2/b9-6+. The zero-order valence-corrected chi connectivity index (χ0v) is 17.2. The summed E-state index contributed by atoms with van der Waals surface area (Å²) in [6.45, 7) is 0.521. The van der Waals surface area contributed by atoms with Gasteiger partial charge in [-0.05, 0) is 30.3 Å². The van der Waals surface area contributed by atoms with Gasteiger partial charge in [-0.15, -0.1) is 0 Å². The largest absolute Gasteiger partial charge is 0.337 e. The minimum Gasteiger partial charge on any atom is -0.337 e. The predicted molar refractivity (Wildman–Crippen MR) is 112 cm³/mol. The molecule has 0 N–H and O–H groups in total. The molecule has 1 aromatic heterocycles. The number of amides is 1. The van der Waals surface area contributed by atoms with Crippen LogP contribution in [0.4, 0.5) is 8.78 Å². The second-order valence-corrected chi connectivity index (χ2v) is 9.00. The number of para-hydroxylation sites is 1. The first-order chi connectivity index (χ1) is 14.9. The number of hydrogen-bond donors (Lipinski definition) is 0. The van der Waals surface area contributed by atoms with E-state index in [2.05, 4.69) is 4.98 Å². The van der Waals surface area contributed by atoms with Crippen molar-refractivity contribution in [2.24, 2.45) is 0 Å². The van der Waals surface area contributed by atoms with E-state index in [1.54, 1.807) is 17.2 Å². The van der Waals surface area contributed by atoms with Crippen LogP contribution in [-0.4, -0.2) is 54.7 Å². The molecular weight excluding hydrogens is 424 g/mol. The fourth-order valence-electron chi connectivity index (χ4n) is 3.46. The summed E-state index contributed by atoms with van der Waals surface area (Å²) in [5, 5.41) is 0.966. The number of rotatable bonds is 4. The lowest BCUT2D eigenvalue weighted by Crippen LogP contribution is -2.50. The molecule has 0 radical (unpaired) electrons. The molecular formula is C22H19F2N3O3S. The van der Waals surface area contributed by atoms with Crippen LogP contribution in [0, 0.1) is 11.6 Å². The number of nitrogens with zero attached hydrogens (tertiary/aromatic N) is 3. The third-order valence-electron chi connectivity index (χ3n) is 5.15. The summed E-state index contributed by atoms with van der Waals surface area (Å²) in [6.07, 6.45) is 4.83. The predicted octanol–water partition coefficient (Wildman–Crippen LogP) is 3.06. The number of sulfonamides is 1. The van der Waals surface area contributed by atoms with Crippen LogP contribution in [-0.2, 0) is 14.8 Å². The lowest BCUT2D eigenvalue weighted by atomic mass is 10.1. The van der Waals surface area contributed by atoms with Crippen molar-refractivity contribution >= 4 is 32.9 Å². The first kappa shape index (κ1) is 21.1. The van der Waals surface area contributed by atoms with E-state index in [9.17, 15) is 22.0 Å². The van der Waals surface area contributed by atoms with E-state index in [1.807, 2.05) is 30.3 Å². The molecule has 0 bridgehead atoms. The fraction of sp³-hybridized carbons (Fsp3) is 0.182. The number of fused-ring (bicyclic) bond motifs is 1. The van der Waals surface area contributed by atoms with Crippen LogP contribution in [0.5, 0.6) is 0 Å². The minimum atomic E-state index is -3.97. The molecule has 1 amide bonds. The van der Waals surface area contributed by atoms with Gasteiger partial charge in [-0.3, -0.25) is 9.78 Å². The second kappa shape index (κ2) is 8.52. The van der Waals surface area contributed by atoms with Crippen molar-refractivity contribution in [2.45, 2.75) is 4.90 Å². The van der Waals surface area contributed by atoms with E-state index in [-0.39, 0.29) is 37.0 Å². The maximum absolute atomic E-state index is 13.4. The molecule has 1 fully saturated rings. The maximum Gasteiger partial charge on any atom is 0.246 e. The number of pyridine rings is 1. The van der Waals surface area contributed by atoms with Gasteiger partial charge in [0.15, 0.2) is 11.6 Å². The van der Waals surface area contributed by atoms with Crippen LogP contribution in [0.15, 0.2) is 65.7 Å². The molecule has 2 heterocycles. The van der Waals surface area contributed by atoms with E-state index >= 15 is 0 Å². The van der Waals surface area contributed by atoms with Gasteiger partial charge in [0.05, 0.1) is 10.4 Å². The van der Waals surface area contributed by atoms with Gasteiger partial charge in [0, 0.05) is 49.4 Å². The third kappa shape index (κ3) is 4.33. The molecule has 6 nitrogen and oxygen atoms in total. The Bertz CT molecular complexity index is 1260. The van der Waals surface area contributed by atoms with Gasteiger partial charge < -0.3 is 4.90 Å². The highest BCUT2D eigenvalue weighted by atomic mass is 32.2. The Kier molecular flexibility index (Phi) is 5.79. The molecule has 0 atom stereocenters. The SMILES string of the molecule is O=C(/C=C/c1cccc2cccnc12)N1CCN(S(=O)(=O)c2ccc(F)c(F)c2)CC1. The molecule has 160 valence electrons. The van der Waals surface area contributed by atoms with Gasteiger partial charge in [0.1, 0.15) is 0 Å². The van der Waals surface area contributed by atoms with Crippen molar-refractivity contribution in [3.8, 4) is 0 Å². The molecule has 3 aromatic rings. The summed E-state index contributed by atoms with van der Waals surface area (Å²) in [6, 6.07) is 12.0. The van der Waals surface area contributed by atoms with Crippen molar-refractivity contribution in [3.05, 3.63) is 78.0 Å². The van der Waals surface area contributed by atoms with Gasteiger partial charge in [0.25, 0.3) is 0 Å². The van der Waals surface area contributed by atoms with Crippen molar-refractivity contribution in [1.82, 2.24) is 14.2 Å². The molecule has 9 heteroatoms. The molecule has 2 aromatic carbocycles. The summed E-state index contributed by atoms with van der Waals surface area (Å²) in [7, 11) is -3.97. The fourth-order valence-corrected chi connectivity index (χ4v) is 4.90. The average molecular weight is 443 g/mol. The van der Waals surface area contributed by atoms with E-state index in [1.165, 1.54) is 10.4 Å². The Morgan fingerprint density at radius 2 is 1.71 bits per heavy atom. The van der Waals surface area contributed by atoms with E-state index < -0.39 is 21.7 Å².